The number of ether oxygens (including phenoxy) is 1. The molecule has 3 atom stereocenters. The number of hydrogen-bond donors (Lipinski definition) is 1. The molecule has 1 rings (SSSR count). The van der Waals surface area contributed by atoms with Crippen LogP contribution >= 0.6 is 23.3 Å². The molecule has 0 saturated carbocycles. The first-order valence-electron chi connectivity index (χ1n) is 3.73. The van der Waals surface area contributed by atoms with E-state index in [1.165, 1.54) is 12.5 Å². The zero-order chi connectivity index (χ0) is 7.56. The first-order chi connectivity index (χ1) is 4.74. The Labute approximate surface area is 73.2 Å². The molecule has 60 valence electrons. The second kappa shape index (κ2) is 4.04. The molecule has 0 aromatic carbocycles. The fourth-order valence-corrected chi connectivity index (χ4v) is 6.93. The lowest BCUT2D eigenvalue weighted by Gasteiger charge is -2.02. The second-order valence-electron chi connectivity index (χ2n) is 2.59. The number of epoxide rings is 1. The van der Waals surface area contributed by atoms with Gasteiger partial charge in [0.25, 0.3) is 0 Å². The summed E-state index contributed by atoms with van der Waals surface area (Å²) in [7, 11) is -0.750. The molecular formula is C6H14OS2Si. The van der Waals surface area contributed by atoms with Crippen LogP contribution in [-0.2, 0) is 4.74 Å². The Morgan fingerprint density at radius 2 is 2.30 bits per heavy atom. The van der Waals surface area contributed by atoms with Crippen molar-refractivity contribution in [2.45, 2.75) is 37.9 Å². The van der Waals surface area contributed by atoms with Crippen LogP contribution in [0.5, 0.6) is 0 Å². The van der Waals surface area contributed by atoms with E-state index in [0.717, 1.165) is 0 Å². The summed E-state index contributed by atoms with van der Waals surface area (Å²) in [4.78, 5) is 0. The summed E-state index contributed by atoms with van der Waals surface area (Å²) in [6, 6.07) is 1.32. The lowest BCUT2D eigenvalue weighted by Crippen LogP contribution is -1.99. The average Bonchev–Trinajstić information content (AvgIpc) is 2.47. The Hall–Kier alpha value is 0.877. The third-order valence-corrected chi connectivity index (χ3v) is 7.95. The monoisotopic (exact) mass is 194 g/mol. The fourth-order valence-electron chi connectivity index (χ4n) is 0.779. The lowest BCUT2D eigenvalue weighted by atomic mass is 10.6. The van der Waals surface area contributed by atoms with Crippen LogP contribution in [0.15, 0.2) is 0 Å². The molecule has 1 saturated heterocycles. The van der Waals surface area contributed by atoms with Crippen LogP contribution in [0, 0.1) is 0 Å². The molecule has 0 aromatic rings. The SMILES string of the molecule is CCC[SiH](S)SC1OC1C. The smallest absolute Gasteiger partial charge is 0.160 e. The Kier molecular flexibility index (Phi) is 3.62. The van der Waals surface area contributed by atoms with E-state index in [1.807, 2.05) is 11.2 Å². The van der Waals surface area contributed by atoms with Crippen molar-refractivity contribution in [2.75, 3.05) is 0 Å². The van der Waals surface area contributed by atoms with Crippen LogP contribution in [0.2, 0.25) is 6.04 Å². The van der Waals surface area contributed by atoms with Gasteiger partial charge in [-0.25, -0.2) is 0 Å². The third kappa shape index (κ3) is 2.86. The molecule has 0 radical (unpaired) electrons. The van der Waals surface area contributed by atoms with Crippen LogP contribution in [0.25, 0.3) is 0 Å². The zero-order valence-electron chi connectivity index (χ0n) is 6.41. The van der Waals surface area contributed by atoms with E-state index in [1.54, 1.807) is 0 Å². The van der Waals surface area contributed by atoms with Crippen molar-refractivity contribution in [1.82, 2.24) is 0 Å². The average molecular weight is 194 g/mol. The van der Waals surface area contributed by atoms with Crippen LogP contribution in [0.1, 0.15) is 20.3 Å². The minimum atomic E-state index is -0.750. The molecular weight excluding hydrogens is 180 g/mol. The Morgan fingerprint density at radius 3 is 2.70 bits per heavy atom. The van der Waals surface area contributed by atoms with Gasteiger partial charge in [0.05, 0.1) is 6.10 Å². The molecule has 10 heavy (non-hydrogen) atoms. The summed E-state index contributed by atoms with van der Waals surface area (Å²) in [6.45, 7) is 4.34. The maximum atomic E-state index is 5.28. The molecule has 4 heteroatoms. The van der Waals surface area contributed by atoms with E-state index < -0.39 is 7.10 Å². The molecule has 1 nitrogen and oxygen atoms in total. The molecule has 0 spiro atoms. The topological polar surface area (TPSA) is 12.5 Å². The highest BCUT2D eigenvalue weighted by atomic mass is 32.5. The van der Waals surface area contributed by atoms with Crippen molar-refractivity contribution in [3.05, 3.63) is 0 Å². The Balaban J connectivity index is 2.01. The molecule has 3 unspecified atom stereocenters. The minimum Gasteiger partial charge on any atom is -0.359 e. The summed E-state index contributed by atoms with van der Waals surface area (Å²) >= 11 is 6.53. The first kappa shape index (κ1) is 8.97. The maximum Gasteiger partial charge on any atom is 0.160 e. The summed E-state index contributed by atoms with van der Waals surface area (Å²) in [5.74, 6) is 0. The van der Waals surface area contributed by atoms with Crippen LogP contribution in [-0.4, -0.2) is 18.6 Å². The Bertz CT molecular complexity index is 112. The van der Waals surface area contributed by atoms with Crippen molar-refractivity contribution in [1.29, 1.82) is 0 Å². The first-order valence-corrected chi connectivity index (χ1v) is 8.97. The number of hydrogen-bond acceptors (Lipinski definition) is 3. The highest BCUT2D eigenvalue weighted by Crippen LogP contribution is 2.36. The van der Waals surface area contributed by atoms with Gasteiger partial charge < -0.3 is 4.74 Å². The van der Waals surface area contributed by atoms with Crippen molar-refractivity contribution >= 4 is 30.4 Å². The predicted octanol–water partition coefficient (Wildman–Crippen LogP) is 2.02. The summed E-state index contributed by atoms with van der Waals surface area (Å²) in [5.41, 5.74) is 0.501. The fraction of sp³-hybridized carbons (Fsp3) is 1.00. The molecule has 1 aliphatic rings. The molecule has 0 aliphatic carbocycles. The van der Waals surface area contributed by atoms with Crippen LogP contribution in [0.3, 0.4) is 0 Å². The predicted molar refractivity (Wildman–Crippen MR) is 53.2 cm³/mol. The van der Waals surface area contributed by atoms with Gasteiger partial charge in [0.1, 0.15) is 5.44 Å². The van der Waals surface area contributed by atoms with Gasteiger partial charge in [-0.3, -0.25) is 0 Å². The van der Waals surface area contributed by atoms with Crippen molar-refractivity contribution in [3.63, 3.8) is 0 Å². The van der Waals surface area contributed by atoms with E-state index in [-0.39, 0.29) is 0 Å². The van der Waals surface area contributed by atoms with Crippen molar-refractivity contribution in [2.24, 2.45) is 0 Å². The van der Waals surface area contributed by atoms with Gasteiger partial charge >= 0.3 is 0 Å². The quantitative estimate of drug-likeness (QED) is 0.418. The minimum absolute atomic E-state index is 0.501. The van der Waals surface area contributed by atoms with E-state index in [0.29, 0.717) is 11.5 Å². The molecule has 0 aromatic heterocycles. The molecule has 1 heterocycles. The Morgan fingerprint density at radius 1 is 1.70 bits per heavy atom. The van der Waals surface area contributed by atoms with Gasteiger partial charge in [-0.05, 0) is 13.0 Å². The van der Waals surface area contributed by atoms with Crippen molar-refractivity contribution in [3.8, 4) is 0 Å². The van der Waals surface area contributed by atoms with Crippen LogP contribution in [0.4, 0.5) is 0 Å². The van der Waals surface area contributed by atoms with Gasteiger partial charge in [-0.1, -0.05) is 13.3 Å². The molecule has 1 aliphatic heterocycles. The standard InChI is InChI=1S/C6H14OS2Si/c1-3-4-10(8)9-6-5(2)7-6/h5-6,8,10H,3-4H2,1-2H3. The van der Waals surface area contributed by atoms with Gasteiger partial charge in [-0.2, -0.15) is 12.1 Å². The van der Waals surface area contributed by atoms with Crippen molar-refractivity contribution < 1.29 is 4.74 Å². The van der Waals surface area contributed by atoms with E-state index in [4.69, 9.17) is 4.74 Å². The maximum absolute atomic E-state index is 5.28. The number of rotatable bonds is 4. The van der Waals surface area contributed by atoms with E-state index in [9.17, 15) is 0 Å². The number of thiol groups is 1. The third-order valence-electron chi connectivity index (χ3n) is 1.48. The second-order valence-corrected chi connectivity index (χ2v) is 10.3. The highest BCUT2D eigenvalue weighted by molar-refractivity contribution is 8.48. The molecule has 0 N–H and O–H groups in total. The summed E-state index contributed by atoms with van der Waals surface area (Å²) < 4.78 is 5.28. The largest absolute Gasteiger partial charge is 0.359 e. The normalized spacial score (nSPS) is 33.9. The van der Waals surface area contributed by atoms with E-state index in [2.05, 4.69) is 25.9 Å². The summed E-state index contributed by atoms with van der Waals surface area (Å²) in [6.07, 6.45) is 1.78. The molecule has 0 amide bonds. The van der Waals surface area contributed by atoms with E-state index >= 15 is 0 Å². The highest BCUT2D eigenvalue weighted by Gasteiger charge is 2.36. The van der Waals surface area contributed by atoms with Crippen LogP contribution < -0.4 is 0 Å². The lowest BCUT2D eigenvalue weighted by molar-refractivity contribution is 0.414. The van der Waals surface area contributed by atoms with Gasteiger partial charge in [0, 0.05) is 0 Å². The molecule has 0 bridgehead atoms. The van der Waals surface area contributed by atoms with Gasteiger partial charge in [-0.15, -0.1) is 11.2 Å². The molecule has 1 fully saturated rings. The zero-order valence-corrected chi connectivity index (χ0v) is 9.28. The summed E-state index contributed by atoms with van der Waals surface area (Å²) in [5, 5.41) is 0. The van der Waals surface area contributed by atoms with Gasteiger partial charge in [0.15, 0.2) is 7.10 Å². The van der Waals surface area contributed by atoms with Gasteiger partial charge in [0.2, 0.25) is 0 Å².